The van der Waals surface area contributed by atoms with E-state index < -0.39 is 43.9 Å². The summed E-state index contributed by atoms with van der Waals surface area (Å²) in [5, 5.41) is 2.45. The zero-order valence-corrected chi connectivity index (χ0v) is 18.7. The molecule has 176 valence electrons. The number of imidazole rings is 1. The molecule has 2 aliphatic heterocycles. The maximum absolute atomic E-state index is 16.1. The van der Waals surface area contributed by atoms with Gasteiger partial charge in [-0.15, -0.1) is 0 Å². The summed E-state index contributed by atoms with van der Waals surface area (Å²) >= 11 is 0. The van der Waals surface area contributed by atoms with Crippen LogP contribution in [-0.2, 0) is 27.9 Å². The molecule has 2 aromatic heterocycles. The summed E-state index contributed by atoms with van der Waals surface area (Å²) in [4.78, 5) is 24.0. The van der Waals surface area contributed by atoms with Crippen LogP contribution in [0.4, 0.5) is 10.3 Å². The molecule has 2 saturated heterocycles. The molecule has 4 heterocycles. The molecule has 0 amide bonds. The van der Waals surface area contributed by atoms with Gasteiger partial charge >= 0.3 is 13.7 Å². The van der Waals surface area contributed by atoms with Crippen LogP contribution in [0.15, 0.2) is 6.33 Å². The largest absolute Gasteiger partial charge is 0.476 e. The number of carbonyl (C=O) groups is 1. The number of halogens is 1. The van der Waals surface area contributed by atoms with E-state index in [-0.39, 0.29) is 29.6 Å². The number of anilines is 1. The fourth-order valence-electron chi connectivity index (χ4n) is 3.71. The molecular formula is C17H24FN6O7P. The van der Waals surface area contributed by atoms with Gasteiger partial charge in [0, 0.05) is 0 Å². The van der Waals surface area contributed by atoms with Crippen molar-refractivity contribution >= 4 is 30.8 Å². The lowest BCUT2D eigenvalue weighted by atomic mass is 9.98. The number of nitrogen functional groups attached to an aromatic ring is 1. The highest BCUT2D eigenvalue weighted by molar-refractivity contribution is 7.51. The molecule has 15 heteroatoms. The van der Waals surface area contributed by atoms with Crippen LogP contribution in [0.5, 0.6) is 5.88 Å². The maximum Gasteiger partial charge on any atom is 0.406 e. The average Bonchev–Trinajstić information content (AvgIpc) is 3.25. The normalized spacial score (nSPS) is 33.1. The minimum Gasteiger partial charge on any atom is -0.476 e. The van der Waals surface area contributed by atoms with Crippen LogP contribution >= 0.6 is 7.75 Å². The minimum atomic E-state index is -4.02. The van der Waals surface area contributed by atoms with Gasteiger partial charge in [-0.3, -0.25) is 18.4 Å². The van der Waals surface area contributed by atoms with E-state index in [4.69, 9.17) is 24.3 Å². The quantitative estimate of drug-likeness (QED) is 0.454. The molecule has 6 unspecified atom stereocenters. The van der Waals surface area contributed by atoms with E-state index in [9.17, 15) is 9.36 Å². The highest BCUT2D eigenvalue weighted by Crippen LogP contribution is 2.57. The van der Waals surface area contributed by atoms with Crippen molar-refractivity contribution in [2.45, 2.75) is 50.9 Å². The molecule has 2 fully saturated rings. The zero-order chi connectivity index (χ0) is 23.3. The van der Waals surface area contributed by atoms with Crippen LogP contribution in [0.25, 0.3) is 11.2 Å². The number of hydrogen-bond acceptors (Lipinski definition) is 11. The Hall–Kier alpha value is -2.38. The Kier molecular flexibility index (Phi) is 5.84. The standard InChI is InChI=1S/C17H24FN6O7P/c1-5-28-13-10-12(21-16(19)22-13)24(7-20-10)15-17(3,18)11-9(30-15)6-29-32(26,31-11)23-8(2)14(25)27-4/h7-9,11,15H,5-6H2,1-4H3,(H,23,26)(H2,19,21,22). The van der Waals surface area contributed by atoms with Crippen molar-refractivity contribution in [3.8, 4) is 5.88 Å². The van der Waals surface area contributed by atoms with Gasteiger partial charge < -0.3 is 19.9 Å². The van der Waals surface area contributed by atoms with Gasteiger partial charge in [-0.1, -0.05) is 0 Å². The van der Waals surface area contributed by atoms with Crippen molar-refractivity contribution < 1.29 is 37.0 Å². The topological polar surface area (TPSA) is 162 Å². The summed E-state index contributed by atoms with van der Waals surface area (Å²) in [6, 6.07) is -0.999. The number of nitrogens with zero attached hydrogens (tertiary/aromatic N) is 4. The van der Waals surface area contributed by atoms with E-state index in [1.165, 1.54) is 31.9 Å². The van der Waals surface area contributed by atoms with Gasteiger partial charge in [-0.2, -0.15) is 9.97 Å². The molecule has 0 bridgehead atoms. The Bertz CT molecular complexity index is 1080. The predicted molar refractivity (Wildman–Crippen MR) is 107 cm³/mol. The van der Waals surface area contributed by atoms with Crippen LogP contribution in [0, 0.1) is 0 Å². The molecule has 0 saturated carbocycles. The molecule has 13 nitrogen and oxygen atoms in total. The summed E-state index contributed by atoms with van der Waals surface area (Å²) in [6.45, 7) is 4.54. The maximum atomic E-state index is 16.1. The van der Waals surface area contributed by atoms with E-state index in [1.807, 2.05) is 0 Å². The molecule has 0 aliphatic carbocycles. The lowest BCUT2D eigenvalue weighted by molar-refractivity contribution is -0.142. The summed E-state index contributed by atoms with van der Waals surface area (Å²) in [5.41, 5.74) is 4.09. The van der Waals surface area contributed by atoms with Crippen molar-refractivity contribution in [2.24, 2.45) is 0 Å². The van der Waals surface area contributed by atoms with E-state index in [2.05, 4.69) is 24.8 Å². The number of methoxy groups -OCH3 is 1. The first kappa shape index (κ1) is 22.8. The molecule has 0 spiro atoms. The highest BCUT2D eigenvalue weighted by Gasteiger charge is 2.61. The minimum absolute atomic E-state index is 0.0799. The number of nitrogens with two attached hydrogens (primary N) is 1. The van der Waals surface area contributed by atoms with Crippen molar-refractivity contribution in [1.82, 2.24) is 24.6 Å². The Labute approximate surface area is 182 Å². The Balaban J connectivity index is 1.63. The van der Waals surface area contributed by atoms with Crippen LogP contribution in [0.1, 0.15) is 27.0 Å². The van der Waals surface area contributed by atoms with Gasteiger partial charge in [0.15, 0.2) is 23.1 Å². The monoisotopic (exact) mass is 474 g/mol. The summed E-state index contributed by atoms with van der Waals surface area (Å²) in [5.74, 6) is -0.594. The summed E-state index contributed by atoms with van der Waals surface area (Å²) < 4.78 is 57.1. The number of ether oxygens (including phenoxy) is 3. The van der Waals surface area contributed by atoms with Gasteiger partial charge in [0.05, 0.1) is 26.7 Å². The lowest BCUT2D eigenvalue weighted by Crippen LogP contribution is -2.47. The number of aromatic nitrogens is 4. The van der Waals surface area contributed by atoms with Gasteiger partial charge in [-0.05, 0) is 20.8 Å². The first-order valence-corrected chi connectivity index (χ1v) is 11.4. The molecular weight excluding hydrogens is 450 g/mol. The van der Waals surface area contributed by atoms with Gasteiger partial charge in [-0.25, -0.2) is 19.0 Å². The van der Waals surface area contributed by atoms with Crippen LogP contribution < -0.4 is 15.6 Å². The number of esters is 1. The zero-order valence-electron chi connectivity index (χ0n) is 17.9. The Morgan fingerprint density at radius 2 is 2.28 bits per heavy atom. The summed E-state index contributed by atoms with van der Waals surface area (Å²) in [6.07, 6.45) is -2.07. The first-order valence-electron chi connectivity index (χ1n) is 9.85. The fraction of sp³-hybridized carbons (Fsp3) is 0.647. The van der Waals surface area contributed by atoms with Gasteiger partial charge in [0.1, 0.15) is 18.2 Å². The Morgan fingerprint density at radius 3 is 2.97 bits per heavy atom. The van der Waals surface area contributed by atoms with Crippen molar-refractivity contribution in [3.05, 3.63) is 6.33 Å². The third kappa shape index (κ3) is 3.82. The summed E-state index contributed by atoms with van der Waals surface area (Å²) in [7, 11) is -2.84. The smallest absolute Gasteiger partial charge is 0.406 e. The molecule has 2 aromatic rings. The van der Waals surface area contributed by atoms with Crippen LogP contribution in [0.2, 0.25) is 0 Å². The molecule has 3 N–H and O–H groups in total. The number of alkyl halides is 1. The van der Waals surface area contributed by atoms with Gasteiger partial charge in [0.25, 0.3) is 0 Å². The number of fused-ring (bicyclic) bond motifs is 2. The third-order valence-electron chi connectivity index (χ3n) is 5.19. The van der Waals surface area contributed by atoms with Crippen molar-refractivity contribution in [2.75, 3.05) is 26.1 Å². The number of rotatable bonds is 6. The second kappa shape index (κ2) is 8.19. The molecule has 2 aliphatic rings. The van der Waals surface area contributed by atoms with Crippen molar-refractivity contribution in [3.63, 3.8) is 0 Å². The average molecular weight is 474 g/mol. The molecule has 32 heavy (non-hydrogen) atoms. The van der Waals surface area contributed by atoms with Crippen LogP contribution in [-0.4, -0.2) is 69.7 Å². The first-order chi connectivity index (χ1) is 15.1. The SMILES string of the molecule is CCOc1nc(N)nc2c1ncn2C1OC2COP(=O)(NC(C)C(=O)OC)OC2C1(C)F. The molecule has 6 atom stereocenters. The predicted octanol–water partition coefficient (Wildman–Crippen LogP) is 1.11. The van der Waals surface area contributed by atoms with Crippen molar-refractivity contribution in [1.29, 1.82) is 0 Å². The Morgan fingerprint density at radius 1 is 1.53 bits per heavy atom. The second-order valence-electron chi connectivity index (χ2n) is 7.52. The van der Waals surface area contributed by atoms with E-state index in [1.54, 1.807) is 6.92 Å². The van der Waals surface area contributed by atoms with Crippen LogP contribution in [0.3, 0.4) is 0 Å². The van der Waals surface area contributed by atoms with E-state index in [0.29, 0.717) is 6.61 Å². The fourth-order valence-corrected chi connectivity index (χ4v) is 5.47. The molecule has 4 rings (SSSR count). The van der Waals surface area contributed by atoms with E-state index in [0.717, 1.165) is 0 Å². The third-order valence-corrected chi connectivity index (χ3v) is 6.89. The van der Waals surface area contributed by atoms with E-state index >= 15 is 4.39 Å². The molecule has 0 radical (unpaired) electrons. The number of hydrogen-bond donors (Lipinski definition) is 2. The highest BCUT2D eigenvalue weighted by atomic mass is 31.2. The second-order valence-corrected chi connectivity index (χ2v) is 9.24. The lowest BCUT2D eigenvalue weighted by Gasteiger charge is -2.35. The number of nitrogens with one attached hydrogen (secondary N) is 1. The van der Waals surface area contributed by atoms with Gasteiger partial charge in [0.2, 0.25) is 11.8 Å². The number of carbonyl (C=O) groups excluding carboxylic acids is 1. The molecule has 0 aromatic carbocycles.